The Labute approximate surface area is 103 Å². The van der Waals surface area contributed by atoms with Gasteiger partial charge in [0.25, 0.3) is 0 Å². The van der Waals surface area contributed by atoms with Gasteiger partial charge in [-0.2, -0.15) is 4.31 Å². The zero-order chi connectivity index (χ0) is 12.5. The third-order valence-electron chi connectivity index (χ3n) is 3.24. The van der Waals surface area contributed by atoms with E-state index in [1.54, 1.807) is 29.6 Å². The summed E-state index contributed by atoms with van der Waals surface area (Å²) >= 11 is 0. The van der Waals surface area contributed by atoms with Crippen molar-refractivity contribution in [1.82, 2.24) is 4.31 Å². The number of anilines is 1. The highest BCUT2D eigenvalue weighted by molar-refractivity contribution is 7.89. The van der Waals surface area contributed by atoms with Crippen LogP contribution in [-0.2, 0) is 10.0 Å². The standard InChI is InChI=1S/C12H18N2O2S/c1-10-6-5-9-14(10)17(15,16)12-8-4-3-7-11(12)13-2/h3-4,7-8,10,13H,5-6,9H2,1-2H3. The van der Waals surface area contributed by atoms with Crippen LogP contribution in [0.5, 0.6) is 0 Å². The summed E-state index contributed by atoms with van der Waals surface area (Å²) in [6.07, 6.45) is 1.89. The zero-order valence-corrected chi connectivity index (χ0v) is 11.0. The fourth-order valence-electron chi connectivity index (χ4n) is 2.29. The van der Waals surface area contributed by atoms with Crippen LogP contribution in [0.2, 0.25) is 0 Å². The summed E-state index contributed by atoms with van der Waals surface area (Å²) < 4.78 is 26.6. The first kappa shape index (κ1) is 12.4. The Morgan fingerprint density at radius 1 is 1.35 bits per heavy atom. The minimum atomic E-state index is -3.36. The molecular formula is C12H18N2O2S. The molecule has 0 spiro atoms. The molecule has 1 saturated heterocycles. The van der Waals surface area contributed by atoms with E-state index in [0.29, 0.717) is 17.1 Å². The van der Waals surface area contributed by atoms with Crippen molar-refractivity contribution in [3.63, 3.8) is 0 Å². The van der Waals surface area contributed by atoms with Gasteiger partial charge in [0, 0.05) is 19.6 Å². The summed E-state index contributed by atoms with van der Waals surface area (Å²) in [6, 6.07) is 7.14. The van der Waals surface area contributed by atoms with Gasteiger partial charge in [-0.05, 0) is 31.9 Å². The number of hydrogen-bond acceptors (Lipinski definition) is 3. The molecule has 0 saturated carbocycles. The second-order valence-corrected chi connectivity index (χ2v) is 6.21. The van der Waals surface area contributed by atoms with Crippen LogP contribution in [0.25, 0.3) is 0 Å². The number of sulfonamides is 1. The topological polar surface area (TPSA) is 49.4 Å². The van der Waals surface area contributed by atoms with Gasteiger partial charge in [-0.1, -0.05) is 12.1 Å². The van der Waals surface area contributed by atoms with Crippen molar-refractivity contribution in [2.45, 2.75) is 30.7 Å². The average molecular weight is 254 g/mol. The Morgan fingerprint density at radius 2 is 2.06 bits per heavy atom. The van der Waals surface area contributed by atoms with Crippen LogP contribution in [-0.4, -0.2) is 32.4 Å². The number of nitrogens with zero attached hydrogens (tertiary/aromatic N) is 1. The molecule has 0 aromatic heterocycles. The number of rotatable bonds is 3. The molecule has 1 atom stereocenters. The zero-order valence-electron chi connectivity index (χ0n) is 10.2. The molecular weight excluding hydrogens is 236 g/mol. The Hall–Kier alpha value is -1.07. The second kappa shape index (κ2) is 4.66. The Balaban J connectivity index is 2.44. The van der Waals surface area contributed by atoms with Crippen molar-refractivity contribution in [3.05, 3.63) is 24.3 Å². The molecule has 1 aromatic rings. The maximum absolute atomic E-state index is 12.5. The smallest absolute Gasteiger partial charge is 0.245 e. The largest absolute Gasteiger partial charge is 0.387 e. The molecule has 0 bridgehead atoms. The van der Waals surface area contributed by atoms with Gasteiger partial charge >= 0.3 is 0 Å². The normalized spacial score (nSPS) is 21.6. The molecule has 0 aliphatic carbocycles. The SMILES string of the molecule is CNc1ccccc1S(=O)(=O)N1CCCC1C. The highest BCUT2D eigenvalue weighted by atomic mass is 32.2. The summed E-state index contributed by atoms with van der Waals surface area (Å²) in [4.78, 5) is 0.372. The predicted octanol–water partition coefficient (Wildman–Crippen LogP) is 1.90. The van der Waals surface area contributed by atoms with Gasteiger partial charge in [0.15, 0.2) is 0 Å². The van der Waals surface area contributed by atoms with Gasteiger partial charge in [-0.3, -0.25) is 0 Å². The summed E-state index contributed by atoms with van der Waals surface area (Å²) in [5.41, 5.74) is 0.659. The minimum Gasteiger partial charge on any atom is -0.387 e. The highest BCUT2D eigenvalue weighted by Gasteiger charge is 2.33. The first-order valence-electron chi connectivity index (χ1n) is 5.86. The minimum absolute atomic E-state index is 0.102. The maximum Gasteiger partial charge on any atom is 0.245 e. The fraction of sp³-hybridized carbons (Fsp3) is 0.500. The van der Waals surface area contributed by atoms with Gasteiger partial charge in [-0.15, -0.1) is 0 Å². The summed E-state index contributed by atoms with van der Waals surface area (Å²) in [6.45, 7) is 2.59. The van der Waals surface area contributed by atoms with E-state index in [2.05, 4.69) is 5.32 Å². The lowest BCUT2D eigenvalue weighted by atomic mass is 10.3. The molecule has 1 heterocycles. The van der Waals surface area contributed by atoms with Crippen LogP contribution in [0.4, 0.5) is 5.69 Å². The molecule has 1 fully saturated rings. The van der Waals surface area contributed by atoms with Crippen molar-refractivity contribution in [2.75, 3.05) is 18.9 Å². The lowest BCUT2D eigenvalue weighted by molar-refractivity contribution is 0.408. The Bertz CT molecular complexity index is 499. The highest BCUT2D eigenvalue weighted by Crippen LogP contribution is 2.29. The summed E-state index contributed by atoms with van der Waals surface area (Å²) in [5.74, 6) is 0. The van der Waals surface area contributed by atoms with Gasteiger partial charge in [0.2, 0.25) is 10.0 Å². The van der Waals surface area contributed by atoms with Crippen molar-refractivity contribution in [3.8, 4) is 0 Å². The molecule has 1 aliphatic heterocycles. The van der Waals surface area contributed by atoms with Crippen LogP contribution < -0.4 is 5.32 Å². The maximum atomic E-state index is 12.5. The molecule has 0 radical (unpaired) electrons. The molecule has 1 unspecified atom stereocenters. The van der Waals surface area contributed by atoms with Gasteiger partial charge in [-0.25, -0.2) is 8.42 Å². The summed E-state index contributed by atoms with van der Waals surface area (Å²) in [7, 11) is -1.62. The van der Waals surface area contributed by atoms with E-state index in [1.807, 2.05) is 13.0 Å². The molecule has 1 N–H and O–H groups in total. The first-order chi connectivity index (χ1) is 8.07. The number of nitrogens with one attached hydrogen (secondary N) is 1. The second-order valence-electron chi connectivity index (χ2n) is 4.35. The van der Waals surface area contributed by atoms with Gasteiger partial charge in [0.1, 0.15) is 4.90 Å². The van der Waals surface area contributed by atoms with Crippen molar-refractivity contribution < 1.29 is 8.42 Å². The van der Waals surface area contributed by atoms with Crippen LogP contribution in [0.15, 0.2) is 29.2 Å². The molecule has 5 heteroatoms. The van der Waals surface area contributed by atoms with Crippen molar-refractivity contribution in [2.24, 2.45) is 0 Å². The Kier molecular flexibility index (Phi) is 3.40. The third kappa shape index (κ3) is 2.17. The van der Waals surface area contributed by atoms with E-state index in [9.17, 15) is 8.42 Å². The van der Waals surface area contributed by atoms with E-state index >= 15 is 0 Å². The van der Waals surface area contributed by atoms with E-state index in [4.69, 9.17) is 0 Å². The van der Waals surface area contributed by atoms with Crippen LogP contribution in [0, 0.1) is 0 Å². The molecule has 17 heavy (non-hydrogen) atoms. The van der Waals surface area contributed by atoms with E-state index < -0.39 is 10.0 Å². The molecule has 4 nitrogen and oxygen atoms in total. The van der Waals surface area contributed by atoms with E-state index in [0.717, 1.165) is 12.8 Å². The Morgan fingerprint density at radius 3 is 2.65 bits per heavy atom. The quantitative estimate of drug-likeness (QED) is 0.896. The molecule has 2 rings (SSSR count). The van der Waals surface area contributed by atoms with Crippen LogP contribution in [0.3, 0.4) is 0 Å². The van der Waals surface area contributed by atoms with Crippen LogP contribution >= 0.6 is 0 Å². The monoisotopic (exact) mass is 254 g/mol. The first-order valence-corrected chi connectivity index (χ1v) is 7.30. The van der Waals surface area contributed by atoms with Crippen molar-refractivity contribution in [1.29, 1.82) is 0 Å². The van der Waals surface area contributed by atoms with Gasteiger partial charge < -0.3 is 5.32 Å². The van der Waals surface area contributed by atoms with Gasteiger partial charge in [0.05, 0.1) is 5.69 Å². The predicted molar refractivity (Wildman–Crippen MR) is 68.6 cm³/mol. The molecule has 0 amide bonds. The lowest BCUT2D eigenvalue weighted by Gasteiger charge is -2.22. The molecule has 94 valence electrons. The fourth-order valence-corrected chi connectivity index (χ4v) is 4.19. The number of para-hydroxylation sites is 1. The molecule has 1 aliphatic rings. The number of hydrogen-bond donors (Lipinski definition) is 1. The lowest BCUT2D eigenvalue weighted by Crippen LogP contribution is -2.34. The molecule has 1 aromatic carbocycles. The average Bonchev–Trinajstić information content (AvgIpc) is 2.76. The van der Waals surface area contributed by atoms with E-state index in [1.165, 1.54) is 0 Å². The number of benzene rings is 1. The summed E-state index contributed by atoms with van der Waals surface area (Å²) in [5, 5.41) is 2.93. The third-order valence-corrected chi connectivity index (χ3v) is 5.31. The van der Waals surface area contributed by atoms with E-state index in [-0.39, 0.29) is 6.04 Å². The van der Waals surface area contributed by atoms with Crippen molar-refractivity contribution >= 4 is 15.7 Å². The van der Waals surface area contributed by atoms with Crippen LogP contribution in [0.1, 0.15) is 19.8 Å².